The van der Waals surface area contributed by atoms with Crippen LogP contribution in [-0.4, -0.2) is 40.7 Å². The van der Waals surface area contributed by atoms with Crippen molar-refractivity contribution in [3.63, 3.8) is 0 Å². The molecule has 166 valence electrons. The first-order valence-electron chi connectivity index (χ1n) is 10.3. The number of benzene rings is 2. The van der Waals surface area contributed by atoms with Gasteiger partial charge in [-0.15, -0.1) is 0 Å². The number of para-hydroxylation sites is 1. The molecule has 4 rings (SSSR count). The molecule has 0 radical (unpaired) electrons. The summed E-state index contributed by atoms with van der Waals surface area (Å²) in [6.07, 6.45) is 1.98. The smallest absolute Gasteiger partial charge is 0.338 e. The Balaban J connectivity index is 1.45. The number of anilines is 1. The van der Waals surface area contributed by atoms with E-state index in [1.165, 1.54) is 12.1 Å². The normalized spacial score (nSPS) is 13.2. The van der Waals surface area contributed by atoms with Gasteiger partial charge in [0.05, 0.1) is 22.7 Å². The van der Waals surface area contributed by atoms with E-state index < -0.39 is 10.9 Å². The lowest BCUT2D eigenvalue weighted by Gasteiger charge is -2.17. The van der Waals surface area contributed by atoms with Gasteiger partial charge >= 0.3 is 5.97 Å². The zero-order valence-electron chi connectivity index (χ0n) is 17.5. The predicted octanol–water partition coefficient (Wildman–Crippen LogP) is 4.00. The van der Waals surface area contributed by atoms with Gasteiger partial charge in [0.25, 0.3) is 11.6 Å². The molecule has 3 aromatic rings. The van der Waals surface area contributed by atoms with E-state index in [-0.39, 0.29) is 23.7 Å². The largest absolute Gasteiger partial charge is 0.493 e. The summed E-state index contributed by atoms with van der Waals surface area (Å²) in [5.41, 5.74) is 1.14. The van der Waals surface area contributed by atoms with E-state index in [0.717, 1.165) is 25.9 Å². The number of hydrogen-bond donors (Lipinski definition) is 0. The molecule has 0 N–H and O–H groups in total. The van der Waals surface area contributed by atoms with E-state index in [2.05, 4.69) is 10.1 Å². The third-order valence-corrected chi connectivity index (χ3v) is 5.08. The second-order valence-corrected chi connectivity index (χ2v) is 7.17. The first-order chi connectivity index (χ1) is 15.6. The molecule has 1 aliphatic rings. The Kier molecular flexibility index (Phi) is 6.29. The van der Waals surface area contributed by atoms with E-state index in [0.29, 0.717) is 29.4 Å². The average molecular weight is 438 g/mol. The monoisotopic (exact) mass is 438 g/mol. The predicted molar refractivity (Wildman–Crippen MR) is 115 cm³/mol. The third kappa shape index (κ3) is 4.53. The molecule has 32 heavy (non-hydrogen) atoms. The number of ether oxygens (including phenoxy) is 2. The number of nitrogens with zero attached hydrogens (tertiary/aromatic N) is 4. The van der Waals surface area contributed by atoms with Crippen molar-refractivity contribution >= 4 is 17.3 Å². The molecule has 1 fully saturated rings. The van der Waals surface area contributed by atoms with Crippen LogP contribution in [0, 0.1) is 10.1 Å². The number of esters is 1. The van der Waals surface area contributed by atoms with Crippen molar-refractivity contribution in [1.82, 2.24) is 10.1 Å². The first-order valence-corrected chi connectivity index (χ1v) is 10.3. The van der Waals surface area contributed by atoms with Crippen molar-refractivity contribution in [2.24, 2.45) is 0 Å². The number of nitro groups is 1. The van der Waals surface area contributed by atoms with Crippen LogP contribution >= 0.6 is 0 Å². The molecule has 0 bridgehead atoms. The van der Waals surface area contributed by atoms with Crippen LogP contribution in [0.4, 0.5) is 11.4 Å². The lowest BCUT2D eigenvalue weighted by Crippen LogP contribution is -2.19. The number of rotatable bonds is 8. The number of nitro benzene ring substituents is 1. The van der Waals surface area contributed by atoms with Gasteiger partial charge in [0.2, 0.25) is 5.82 Å². The number of hydrogen-bond acceptors (Lipinski definition) is 9. The SMILES string of the molecule is CCOc1ccccc1-c1noc(COC(=O)c2ccc(N3CCCC3)c([N+](=O)[O-])c2)n1. The van der Waals surface area contributed by atoms with Crippen LogP contribution in [0.25, 0.3) is 11.4 Å². The Hall–Kier alpha value is -3.95. The van der Waals surface area contributed by atoms with E-state index in [9.17, 15) is 14.9 Å². The minimum absolute atomic E-state index is 0.0843. The lowest BCUT2D eigenvalue weighted by atomic mass is 10.1. The fraction of sp³-hybridized carbons (Fsp3) is 0.318. The van der Waals surface area contributed by atoms with Crippen molar-refractivity contribution in [3.05, 3.63) is 64.0 Å². The zero-order valence-corrected chi connectivity index (χ0v) is 17.5. The number of carbonyl (C=O) groups excluding carboxylic acids is 1. The third-order valence-electron chi connectivity index (χ3n) is 5.08. The second-order valence-electron chi connectivity index (χ2n) is 7.17. The molecular weight excluding hydrogens is 416 g/mol. The molecule has 0 saturated carbocycles. The van der Waals surface area contributed by atoms with Crippen molar-refractivity contribution in [2.75, 3.05) is 24.6 Å². The Bertz CT molecular complexity index is 1120. The molecule has 0 atom stereocenters. The van der Waals surface area contributed by atoms with Crippen LogP contribution < -0.4 is 9.64 Å². The average Bonchev–Trinajstić information content (AvgIpc) is 3.50. The maximum atomic E-state index is 12.5. The topological polar surface area (TPSA) is 121 Å². The van der Waals surface area contributed by atoms with Gasteiger partial charge in [-0.25, -0.2) is 4.79 Å². The molecule has 0 amide bonds. The number of carbonyl (C=O) groups is 1. The van der Waals surface area contributed by atoms with Crippen LogP contribution in [-0.2, 0) is 11.3 Å². The van der Waals surface area contributed by atoms with Crippen LogP contribution in [0.15, 0.2) is 47.0 Å². The molecule has 10 nitrogen and oxygen atoms in total. The Morgan fingerprint density at radius 1 is 1.22 bits per heavy atom. The summed E-state index contributed by atoms with van der Waals surface area (Å²) in [6, 6.07) is 11.6. The number of aromatic nitrogens is 2. The highest BCUT2D eigenvalue weighted by atomic mass is 16.6. The second kappa shape index (κ2) is 9.46. The summed E-state index contributed by atoms with van der Waals surface area (Å²) in [7, 11) is 0. The first kappa shape index (κ1) is 21.3. The molecule has 2 aromatic carbocycles. The summed E-state index contributed by atoms with van der Waals surface area (Å²) in [6.45, 7) is 3.62. The summed E-state index contributed by atoms with van der Waals surface area (Å²) in [5.74, 6) is 0.314. The Labute approximate surface area is 183 Å². The quantitative estimate of drug-likeness (QED) is 0.292. The summed E-state index contributed by atoms with van der Waals surface area (Å²) in [5, 5.41) is 15.4. The molecule has 0 aliphatic carbocycles. The Morgan fingerprint density at radius 3 is 2.75 bits per heavy atom. The van der Waals surface area contributed by atoms with E-state index >= 15 is 0 Å². The van der Waals surface area contributed by atoms with Gasteiger partial charge in [-0.05, 0) is 44.0 Å². The molecule has 0 spiro atoms. The minimum atomic E-state index is -0.712. The zero-order chi connectivity index (χ0) is 22.5. The van der Waals surface area contributed by atoms with Gasteiger partial charge in [-0.3, -0.25) is 10.1 Å². The van der Waals surface area contributed by atoms with Crippen molar-refractivity contribution in [3.8, 4) is 17.1 Å². The molecule has 2 heterocycles. The van der Waals surface area contributed by atoms with Gasteiger partial charge in [-0.2, -0.15) is 4.98 Å². The standard InChI is InChI=1S/C22H22N4O6/c1-2-30-19-8-4-3-7-16(19)21-23-20(32-24-21)14-31-22(27)15-9-10-17(18(13-15)26(28)29)25-11-5-6-12-25/h3-4,7-10,13H,2,5-6,11-12,14H2,1H3. The highest BCUT2D eigenvalue weighted by Gasteiger charge is 2.24. The molecule has 10 heteroatoms. The molecular formula is C22H22N4O6. The van der Waals surface area contributed by atoms with Gasteiger partial charge in [0, 0.05) is 19.2 Å². The summed E-state index contributed by atoms with van der Waals surface area (Å²) < 4.78 is 16.0. The lowest BCUT2D eigenvalue weighted by molar-refractivity contribution is -0.384. The van der Waals surface area contributed by atoms with Crippen molar-refractivity contribution in [1.29, 1.82) is 0 Å². The molecule has 1 aliphatic heterocycles. The summed E-state index contributed by atoms with van der Waals surface area (Å²) >= 11 is 0. The van der Waals surface area contributed by atoms with Gasteiger partial charge in [0.15, 0.2) is 6.61 Å². The van der Waals surface area contributed by atoms with Crippen LogP contribution in [0.2, 0.25) is 0 Å². The maximum absolute atomic E-state index is 12.5. The maximum Gasteiger partial charge on any atom is 0.338 e. The highest BCUT2D eigenvalue weighted by molar-refractivity contribution is 5.91. The van der Waals surface area contributed by atoms with E-state index in [4.69, 9.17) is 14.0 Å². The fourth-order valence-electron chi connectivity index (χ4n) is 3.59. The molecule has 1 saturated heterocycles. The van der Waals surface area contributed by atoms with Gasteiger partial charge < -0.3 is 18.9 Å². The molecule has 0 unspecified atom stereocenters. The van der Waals surface area contributed by atoms with Crippen LogP contribution in [0.5, 0.6) is 5.75 Å². The van der Waals surface area contributed by atoms with Crippen LogP contribution in [0.1, 0.15) is 36.0 Å². The minimum Gasteiger partial charge on any atom is -0.493 e. The molecule has 1 aromatic heterocycles. The van der Waals surface area contributed by atoms with Crippen LogP contribution in [0.3, 0.4) is 0 Å². The van der Waals surface area contributed by atoms with E-state index in [1.54, 1.807) is 18.2 Å². The summed E-state index contributed by atoms with van der Waals surface area (Å²) in [4.78, 5) is 29.7. The Morgan fingerprint density at radius 2 is 2.00 bits per heavy atom. The van der Waals surface area contributed by atoms with Gasteiger partial charge in [-0.1, -0.05) is 17.3 Å². The van der Waals surface area contributed by atoms with Crippen molar-refractivity contribution < 1.29 is 23.7 Å². The van der Waals surface area contributed by atoms with Gasteiger partial charge in [0.1, 0.15) is 11.4 Å². The fourth-order valence-corrected chi connectivity index (χ4v) is 3.59. The highest BCUT2D eigenvalue weighted by Crippen LogP contribution is 2.32. The van der Waals surface area contributed by atoms with Crippen molar-refractivity contribution in [2.45, 2.75) is 26.4 Å². The van der Waals surface area contributed by atoms with E-state index in [1.807, 2.05) is 24.0 Å².